The summed E-state index contributed by atoms with van der Waals surface area (Å²) >= 11 is 3.37. The molecule has 0 saturated heterocycles. The van der Waals surface area contributed by atoms with Crippen LogP contribution < -0.4 is 15.0 Å². The van der Waals surface area contributed by atoms with Crippen LogP contribution in [0.4, 0.5) is 11.5 Å². The molecule has 6 heteroatoms. The van der Waals surface area contributed by atoms with E-state index in [0.29, 0.717) is 21.5 Å². The summed E-state index contributed by atoms with van der Waals surface area (Å²) in [5.74, 6) is 1.24. The average Bonchev–Trinajstić information content (AvgIpc) is 2.48. The van der Waals surface area contributed by atoms with Crippen molar-refractivity contribution >= 4 is 33.3 Å². The third-order valence-electron chi connectivity index (χ3n) is 2.88. The fourth-order valence-corrected chi connectivity index (χ4v) is 2.16. The number of benzene rings is 1. The Labute approximate surface area is 132 Å². The standard InChI is InChI=1S/C15H16BrN3O2/c1-19(2)14-7-4-10(9-17-14)18-15(20)12-8-11(21-3)5-6-13(12)16/h4-9H,1-3H3,(H,18,20). The lowest BCUT2D eigenvalue weighted by Crippen LogP contribution is -2.14. The van der Waals surface area contributed by atoms with E-state index in [2.05, 4.69) is 26.2 Å². The minimum absolute atomic E-state index is 0.222. The Kier molecular flexibility index (Phi) is 4.80. The quantitative estimate of drug-likeness (QED) is 0.920. The van der Waals surface area contributed by atoms with Crippen molar-refractivity contribution in [1.29, 1.82) is 0 Å². The molecule has 0 saturated carbocycles. The lowest BCUT2D eigenvalue weighted by atomic mass is 10.2. The summed E-state index contributed by atoms with van der Waals surface area (Å²) in [6, 6.07) is 8.90. The van der Waals surface area contributed by atoms with Crippen molar-refractivity contribution in [1.82, 2.24) is 4.98 Å². The summed E-state index contributed by atoms with van der Waals surface area (Å²) in [6.07, 6.45) is 1.63. The number of carbonyl (C=O) groups is 1. The molecule has 110 valence electrons. The van der Waals surface area contributed by atoms with E-state index in [4.69, 9.17) is 4.74 Å². The monoisotopic (exact) mass is 349 g/mol. The minimum atomic E-state index is -0.222. The third-order valence-corrected chi connectivity index (χ3v) is 3.57. The van der Waals surface area contributed by atoms with Gasteiger partial charge in [0.25, 0.3) is 5.91 Å². The van der Waals surface area contributed by atoms with Crippen molar-refractivity contribution in [3.63, 3.8) is 0 Å². The Bertz CT molecular complexity index is 642. The van der Waals surface area contributed by atoms with Crippen molar-refractivity contribution < 1.29 is 9.53 Å². The van der Waals surface area contributed by atoms with E-state index in [-0.39, 0.29) is 5.91 Å². The molecule has 0 aliphatic carbocycles. The molecule has 5 nitrogen and oxygen atoms in total. The Balaban J connectivity index is 2.17. The van der Waals surface area contributed by atoms with Crippen LogP contribution in [0, 0.1) is 0 Å². The molecular formula is C15H16BrN3O2. The topological polar surface area (TPSA) is 54.5 Å². The highest BCUT2D eigenvalue weighted by Gasteiger charge is 2.12. The fourth-order valence-electron chi connectivity index (χ4n) is 1.73. The van der Waals surface area contributed by atoms with Crippen LogP contribution in [0.1, 0.15) is 10.4 Å². The van der Waals surface area contributed by atoms with Gasteiger partial charge in [0.2, 0.25) is 0 Å². The van der Waals surface area contributed by atoms with Crippen LogP contribution in [0.3, 0.4) is 0 Å². The van der Waals surface area contributed by atoms with Crippen LogP contribution in [-0.4, -0.2) is 32.1 Å². The summed E-state index contributed by atoms with van der Waals surface area (Å²) in [6.45, 7) is 0. The van der Waals surface area contributed by atoms with Crippen LogP contribution in [0.2, 0.25) is 0 Å². The summed E-state index contributed by atoms with van der Waals surface area (Å²) < 4.78 is 5.84. The molecular weight excluding hydrogens is 334 g/mol. The van der Waals surface area contributed by atoms with E-state index in [1.807, 2.05) is 31.1 Å². The molecule has 1 aromatic heterocycles. The normalized spacial score (nSPS) is 10.1. The third kappa shape index (κ3) is 3.72. The maximum absolute atomic E-state index is 12.3. The van der Waals surface area contributed by atoms with Crippen LogP contribution in [0.5, 0.6) is 5.75 Å². The van der Waals surface area contributed by atoms with Gasteiger partial charge in [-0.2, -0.15) is 0 Å². The van der Waals surface area contributed by atoms with E-state index in [1.54, 1.807) is 31.5 Å². The van der Waals surface area contributed by atoms with E-state index >= 15 is 0 Å². The first kappa shape index (κ1) is 15.3. The molecule has 1 aromatic carbocycles. The molecule has 0 aliphatic rings. The molecule has 1 heterocycles. The van der Waals surface area contributed by atoms with Gasteiger partial charge in [-0.3, -0.25) is 4.79 Å². The number of anilines is 2. The number of methoxy groups -OCH3 is 1. The highest BCUT2D eigenvalue weighted by atomic mass is 79.9. The van der Waals surface area contributed by atoms with E-state index < -0.39 is 0 Å². The maximum Gasteiger partial charge on any atom is 0.256 e. The number of amides is 1. The molecule has 0 unspecified atom stereocenters. The summed E-state index contributed by atoms with van der Waals surface area (Å²) in [5.41, 5.74) is 1.14. The van der Waals surface area contributed by atoms with Crippen LogP contribution in [0.25, 0.3) is 0 Å². The highest BCUT2D eigenvalue weighted by molar-refractivity contribution is 9.10. The van der Waals surface area contributed by atoms with Gasteiger partial charge >= 0.3 is 0 Å². The van der Waals surface area contributed by atoms with Crippen LogP contribution >= 0.6 is 15.9 Å². The second-order valence-electron chi connectivity index (χ2n) is 4.60. The van der Waals surface area contributed by atoms with Crippen LogP contribution in [0.15, 0.2) is 41.0 Å². The first-order valence-corrected chi connectivity index (χ1v) is 7.09. The molecule has 0 bridgehead atoms. The number of aromatic nitrogens is 1. The predicted molar refractivity (Wildman–Crippen MR) is 87.2 cm³/mol. The van der Waals surface area contributed by atoms with Gasteiger partial charge in [-0.25, -0.2) is 4.98 Å². The first-order chi connectivity index (χ1) is 10.0. The Morgan fingerprint density at radius 2 is 2.05 bits per heavy atom. The minimum Gasteiger partial charge on any atom is -0.497 e. The van der Waals surface area contributed by atoms with Crippen molar-refractivity contribution in [3.8, 4) is 5.75 Å². The number of rotatable bonds is 4. The van der Waals surface area contributed by atoms with Gasteiger partial charge in [0.1, 0.15) is 11.6 Å². The molecule has 0 spiro atoms. The lowest BCUT2D eigenvalue weighted by molar-refractivity contribution is 0.102. The van der Waals surface area contributed by atoms with Crippen molar-refractivity contribution in [2.75, 3.05) is 31.4 Å². The number of carbonyl (C=O) groups excluding carboxylic acids is 1. The smallest absolute Gasteiger partial charge is 0.256 e. The number of hydrogen-bond donors (Lipinski definition) is 1. The molecule has 1 N–H and O–H groups in total. The van der Waals surface area contributed by atoms with Crippen molar-refractivity contribution in [2.24, 2.45) is 0 Å². The van der Waals surface area contributed by atoms with Crippen molar-refractivity contribution in [2.45, 2.75) is 0 Å². The molecule has 0 fully saturated rings. The number of halogens is 1. The van der Waals surface area contributed by atoms with E-state index in [1.165, 1.54) is 0 Å². The Morgan fingerprint density at radius 1 is 1.29 bits per heavy atom. The largest absolute Gasteiger partial charge is 0.497 e. The molecule has 0 aliphatic heterocycles. The number of ether oxygens (including phenoxy) is 1. The highest BCUT2D eigenvalue weighted by Crippen LogP contribution is 2.23. The maximum atomic E-state index is 12.3. The van der Waals surface area contributed by atoms with E-state index in [0.717, 1.165) is 5.82 Å². The molecule has 1 amide bonds. The van der Waals surface area contributed by atoms with Crippen molar-refractivity contribution in [3.05, 3.63) is 46.6 Å². The zero-order valence-electron chi connectivity index (χ0n) is 12.1. The number of pyridine rings is 1. The number of nitrogens with zero attached hydrogens (tertiary/aromatic N) is 2. The summed E-state index contributed by atoms with van der Waals surface area (Å²) in [4.78, 5) is 18.4. The van der Waals surface area contributed by atoms with Gasteiger partial charge in [0, 0.05) is 18.6 Å². The number of nitrogens with one attached hydrogen (secondary N) is 1. The fraction of sp³-hybridized carbons (Fsp3) is 0.200. The zero-order chi connectivity index (χ0) is 15.4. The van der Waals surface area contributed by atoms with Crippen LogP contribution in [-0.2, 0) is 0 Å². The zero-order valence-corrected chi connectivity index (χ0v) is 13.6. The van der Waals surface area contributed by atoms with Gasteiger partial charge in [0.05, 0.1) is 24.6 Å². The predicted octanol–water partition coefficient (Wildman–Crippen LogP) is 3.17. The van der Waals surface area contributed by atoms with Gasteiger partial charge in [-0.1, -0.05) is 0 Å². The first-order valence-electron chi connectivity index (χ1n) is 6.29. The SMILES string of the molecule is COc1ccc(Br)c(C(=O)Nc2ccc(N(C)C)nc2)c1. The molecule has 2 aromatic rings. The molecule has 0 radical (unpaired) electrons. The molecule has 0 atom stereocenters. The van der Waals surface area contributed by atoms with Gasteiger partial charge in [0.15, 0.2) is 0 Å². The van der Waals surface area contributed by atoms with Gasteiger partial charge < -0.3 is 15.0 Å². The van der Waals surface area contributed by atoms with Gasteiger partial charge in [-0.05, 0) is 46.3 Å². The second-order valence-corrected chi connectivity index (χ2v) is 5.45. The second kappa shape index (κ2) is 6.58. The lowest BCUT2D eigenvalue weighted by Gasteiger charge is -2.12. The summed E-state index contributed by atoms with van der Waals surface area (Å²) in [5, 5.41) is 2.81. The molecule has 21 heavy (non-hydrogen) atoms. The molecule has 2 rings (SSSR count). The Hall–Kier alpha value is -2.08. The Morgan fingerprint density at radius 3 is 2.62 bits per heavy atom. The summed E-state index contributed by atoms with van der Waals surface area (Å²) in [7, 11) is 5.39. The number of hydrogen-bond acceptors (Lipinski definition) is 4. The van der Waals surface area contributed by atoms with E-state index in [9.17, 15) is 4.79 Å². The average molecular weight is 350 g/mol. The van der Waals surface area contributed by atoms with Gasteiger partial charge in [-0.15, -0.1) is 0 Å².